The van der Waals surface area contributed by atoms with Crippen LogP contribution in [0.2, 0.25) is 0 Å². The molecule has 0 aromatic rings. The SMILES string of the molecule is CC(=O)N1CCN(C(=O)CCNC(=O)[C@@H](N)C(C)(C)C)CC1.Cl. The molecule has 134 valence electrons. The number of nitrogens with one attached hydrogen (secondary N) is 1. The lowest BCUT2D eigenvalue weighted by molar-refractivity contribution is -0.138. The van der Waals surface area contributed by atoms with Crippen molar-refractivity contribution in [2.24, 2.45) is 11.1 Å². The molecule has 3 N–H and O–H groups in total. The maximum atomic E-state index is 12.1. The topological polar surface area (TPSA) is 95.7 Å². The van der Waals surface area contributed by atoms with E-state index in [1.54, 1.807) is 9.80 Å². The van der Waals surface area contributed by atoms with Gasteiger partial charge in [-0.3, -0.25) is 14.4 Å². The molecule has 0 unspecified atom stereocenters. The third kappa shape index (κ3) is 6.74. The molecule has 7 nitrogen and oxygen atoms in total. The molecule has 1 saturated heterocycles. The zero-order valence-electron chi connectivity index (χ0n) is 14.4. The molecule has 1 aliphatic heterocycles. The van der Waals surface area contributed by atoms with E-state index < -0.39 is 6.04 Å². The van der Waals surface area contributed by atoms with Gasteiger partial charge in [-0.15, -0.1) is 12.4 Å². The van der Waals surface area contributed by atoms with Crippen LogP contribution in [-0.2, 0) is 14.4 Å². The number of nitrogens with two attached hydrogens (primary N) is 1. The quantitative estimate of drug-likeness (QED) is 0.746. The van der Waals surface area contributed by atoms with Crippen LogP contribution in [0, 0.1) is 5.41 Å². The van der Waals surface area contributed by atoms with E-state index in [4.69, 9.17) is 5.73 Å². The van der Waals surface area contributed by atoms with E-state index in [9.17, 15) is 14.4 Å². The van der Waals surface area contributed by atoms with E-state index in [2.05, 4.69) is 5.32 Å². The molecule has 1 heterocycles. The van der Waals surface area contributed by atoms with Crippen molar-refractivity contribution >= 4 is 30.1 Å². The van der Waals surface area contributed by atoms with Crippen LogP contribution in [-0.4, -0.2) is 66.3 Å². The summed E-state index contributed by atoms with van der Waals surface area (Å²) in [5, 5.41) is 2.71. The number of carbonyl (C=O) groups excluding carboxylic acids is 3. The molecular formula is C15H29ClN4O3. The minimum absolute atomic E-state index is 0. The maximum Gasteiger partial charge on any atom is 0.237 e. The van der Waals surface area contributed by atoms with Crippen molar-refractivity contribution in [2.75, 3.05) is 32.7 Å². The van der Waals surface area contributed by atoms with Gasteiger partial charge in [0.2, 0.25) is 17.7 Å². The summed E-state index contributed by atoms with van der Waals surface area (Å²) in [6.45, 7) is 9.76. The van der Waals surface area contributed by atoms with E-state index in [0.717, 1.165) is 0 Å². The molecule has 1 atom stereocenters. The zero-order valence-corrected chi connectivity index (χ0v) is 15.2. The highest BCUT2D eigenvalue weighted by Crippen LogP contribution is 2.17. The van der Waals surface area contributed by atoms with Gasteiger partial charge in [-0.05, 0) is 5.41 Å². The van der Waals surface area contributed by atoms with Crippen molar-refractivity contribution in [1.29, 1.82) is 0 Å². The largest absolute Gasteiger partial charge is 0.354 e. The summed E-state index contributed by atoms with van der Waals surface area (Å²) in [7, 11) is 0. The van der Waals surface area contributed by atoms with Crippen LogP contribution in [0.5, 0.6) is 0 Å². The summed E-state index contributed by atoms with van der Waals surface area (Å²) < 4.78 is 0. The normalized spacial score (nSPS) is 16.4. The average Bonchev–Trinajstić information content (AvgIpc) is 2.45. The van der Waals surface area contributed by atoms with Crippen molar-refractivity contribution in [1.82, 2.24) is 15.1 Å². The van der Waals surface area contributed by atoms with Crippen LogP contribution in [0.25, 0.3) is 0 Å². The Morgan fingerprint density at radius 3 is 2.00 bits per heavy atom. The fraction of sp³-hybridized carbons (Fsp3) is 0.800. The highest BCUT2D eigenvalue weighted by molar-refractivity contribution is 5.85. The second-order valence-corrected chi connectivity index (χ2v) is 6.77. The number of hydrogen-bond acceptors (Lipinski definition) is 4. The lowest BCUT2D eigenvalue weighted by Crippen LogP contribution is -2.51. The van der Waals surface area contributed by atoms with Crippen molar-refractivity contribution in [2.45, 2.75) is 40.2 Å². The van der Waals surface area contributed by atoms with Crippen molar-refractivity contribution in [3.8, 4) is 0 Å². The molecule has 0 saturated carbocycles. The van der Waals surface area contributed by atoms with Crippen LogP contribution in [0.15, 0.2) is 0 Å². The van der Waals surface area contributed by atoms with Crippen molar-refractivity contribution < 1.29 is 14.4 Å². The molecule has 3 amide bonds. The van der Waals surface area contributed by atoms with Crippen molar-refractivity contribution in [3.05, 3.63) is 0 Å². The molecule has 1 fully saturated rings. The maximum absolute atomic E-state index is 12.1. The lowest BCUT2D eigenvalue weighted by atomic mass is 9.87. The monoisotopic (exact) mass is 348 g/mol. The van der Waals surface area contributed by atoms with Gasteiger partial charge in [-0.25, -0.2) is 0 Å². The van der Waals surface area contributed by atoms with E-state index >= 15 is 0 Å². The van der Waals surface area contributed by atoms with Gasteiger partial charge in [0.05, 0.1) is 6.04 Å². The Labute approximate surface area is 144 Å². The van der Waals surface area contributed by atoms with E-state index in [0.29, 0.717) is 26.2 Å². The van der Waals surface area contributed by atoms with E-state index in [1.807, 2.05) is 20.8 Å². The zero-order chi connectivity index (χ0) is 16.9. The molecule has 0 bridgehead atoms. The summed E-state index contributed by atoms with van der Waals surface area (Å²) in [5.41, 5.74) is 5.54. The van der Waals surface area contributed by atoms with Crippen LogP contribution in [0.1, 0.15) is 34.1 Å². The van der Waals surface area contributed by atoms with Gasteiger partial charge in [0, 0.05) is 46.1 Å². The fourth-order valence-electron chi connectivity index (χ4n) is 2.22. The van der Waals surface area contributed by atoms with Gasteiger partial charge in [0.1, 0.15) is 0 Å². The molecule has 23 heavy (non-hydrogen) atoms. The van der Waals surface area contributed by atoms with Crippen LogP contribution < -0.4 is 11.1 Å². The summed E-state index contributed by atoms with van der Waals surface area (Å²) in [4.78, 5) is 38.6. The predicted molar refractivity (Wildman–Crippen MR) is 91.1 cm³/mol. The molecule has 0 spiro atoms. The fourth-order valence-corrected chi connectivity index (χ4v) is 2.22. The minimum Gasteiger partial charge on any atom is -0.354 e. The predicted octanol–water partition coefficient (Wildman–Crippen LogP) is -0.0214. The van der Waals surface area contributed by atoms with Gasteiger partial charge in [0.25, 0.3) is 0 Å². The Hall–Kier alpha value is -1.34. The van der Waals surface area contributed by atoms with E-state index in [-0.39, 0.29) is 48.5 Å². The summed E-state index contributed by atoms with van der Waals surface area (Å²) in [6.07, 6.45) is 0.253. The Kier molecular flexibility index (Phi) is 8.55. The molecule has 0 aromatic carbocycles. The highest BCUT2D eigenvalue weighted by Gasteiger charge is 2.27. The van der Waals surface area contributed by atoms with Gasteiger partial charge >= 0.3 is 0 Å². The van der Waals surface area contributed by atoms with Gasteiger partial charge in [-0.1, -0.05) is 20.8 Å². The number of halogens is 1. The summed E-state index contributed by atoms with van der Waals surface area (Å²) in [5.74, 6) is -0.204. The first-order valence-electron chi connectivity index (χ1n) is 7.69. The standard InChI is InChI=1S/C15H28N4O3.ClH/c1-11(20)18-7-9-19(10-8-18)12(21)5-6-17-14(22)13(16)15(2,3)4;/h13H,5-10,16H2,1-4H3,(H,17,22);1H/t13-;/m1./s1. The smallest absolute Gasteiger partial charge is 0.237 e. The van der Waals surface area contributed by atoms with Crippen LogP contribution in [0.4, 0.5) is 0 Å². The molecule has 1 rings (SSSR count). The van der Waals surface area contributed by atoms with Crippen LogP contribution >= 0.6 is 12.4 Å². The molecule has 0 aromatic heterocycles. The number of carbonyl (C=O) groups is 3. The molecule has 0 aliphatic carbocycles. The van der Waals surface area contributed by atoms with E-state index in [1.165, 1.54) is 6.92 Å². The second-order valence-electron chi connectivity index (χ2n) is 6.77. The van der Waals surface area contributed by atoms with Crippen molar-refractivity contribution in [3.63, 3.8) is 0 Å². The first-order chi connectivity index (χ1) is 10.1. The molecule has 1 aliphatic rings. The summed E-state index contributed by atoms with van der Waals surface area (Å²) >= 11 is 0. The first kappa shape index (κ1) is 21.7. The van der Waals surface area contributed by atoms with Crippen LogP contribution in [0.3, 0.4) is 0 Å². The highest BCUT2D eigenvalue weighted by atomic mass is 35.5. The molecular weight excluding hydrogens is 320 g/mol. The Morgan fingerprint density at radius 2 is 1.57 bits per heavy atom. The summed E-state index contributed by atoms with van der Waals surface area (Å²) in [6, 6.07) is -0.596. The Balaban J connectivity index is 0.00000484. The third-order valence-corrected chi connectivity index (χ3v) is 3.93. The van der Waals surface area contributed by atoms with Gasteiger partial charge in [0.15, 0.2) is 0 Å². The molecule has 8 heteroatoms. The van der Waals surface area contributed by atoms with Gasteiger partial charge in [-0.2, -0.15) is 0 Å². The Morgan fingerprint density at radius 1 is 1.09 bits per heavy atom. The second kappa shape index (κ2) is 9.08. The lowest BCUT2D eigenvalue weighted by Gasteiger charge is -2.34. The first-order valence-corrected chi connectivity index (χ1v) is 7.69. The number of rotatable bonds is 4. The Bertz CT molecular complexity index is 429. The minimum atomic E-state index is -0.596. The molecule has 0 radical (unpaired) electrons. The average molecular weight is 349 g/mol. The number of piperazine rings is 1. The number of amides is 3. The third-order valence-electron chi connectivity index (χ3n) is 3.93. The van der Waals surface area contributed by atoms with Gasteiger partial charge < -0.3 is 20.9 Å². The number of hydrogen-bond donors (Lipinski definition) is 2. The number of nitrogens with zero attached hydrogens (tertiary/aromatic N) is 2.